The van der Waals surface area contributed by atoms with Crippen LogP contribution in [0.5, 0.6) is 11.5 Å². The maximum Gasteiger partial charge on any atom is 0.253 e. The molecule has 2 heterocycles. The number of piperazine rings is 1. The molecule has 1 saturated heterocycles. The van der Waals surface area contributed by atoms with Crippen LogP contribution in [0.1, 0.15) is 11.1 Å². The van der Waals surface area contributed by atoms with Gasteiger partial charge in [0.25, 0.3) is 5.91 Å². The molecule has 4 rings (SSSR count). The summed E-state index contributed by atoms with van der Waals surface area (Å²) >= 11 is 0. The van der Waals surface area contributed by atoms with Gasteiger partial charge in [0.15, 0.2) is 0 Å². The minimum atomic E-state index is -0.0268. The summed E-state index contributed by atoms with van der Waals surface area (Å²) in [7, 11) is 0. The highest BCUT2D eigenvalue weighted by Crippen LogP contribution is 2.28. The SMILES string of the molecule is C=C(C(=O)N1CCN(c2ccc(O)cc2)CC1)c1ccc2c(c1)C=CCO2. The van der Waals surface area contributed by atoms with Gasteiger partial charge in [0, 0.05) is 43.0 Å². The minimum Gasteiger partial charge on any atom is -0.508 e. The molecule has 1 fully saturated rings. The molecule has 2 aliphatic heterocycles. The Labute approximate surface area is 158 Å². The first kappa shape index (κ1) is 17.2. The number of fused-ring (bicyclic) bond motifs is 1. The van der Waals surface area contributed by atoms with Crippen LogP contribution < -0.4 is 9.64 Å². The van der Waals surface area contributed by atoms with E-state index in [1.807, 2.05) is 47.4 Å². The van der Waals surface area contributed by atoms with E-state index in [1.54, 1.807) is 12.1 Å². The van der Waals surface area contributed by atoms with E-state index in [4.69, 9.17) is 4.74 Å². The van der Waals surface area contributed by atoms with Crippen molar-refractivity contribution in [1.29, 1.82) is 0 Å². The van der Waals surface area contributed by atoms with E-state index < -0.39 is 0 Å². The third-order valence-corrected chi connectivity index (χ3v) is 5.03. The molecule has 0 bridgehead atoms. The van der Waals surface area contributed by atoms with Crippen LogP contribution in [-0.4, -0.2) is 48.7 Å². The molecule has 0 unspecified atom stereocenters. The van der Waals surface area contributed by atoms with E-state index in [0.717, 1.165) is 35.7 Å². The van der Waals surface area contributed by atoms with Crippen LogP contribution in [0.25, 0.3) is 11.6 Å². The second kappa shape index (κ2) is 7.19. The number of nitrogens with zero attached hydrogens (tertiary/aromatic N) is 2. The fourth-order valence-corrected chi connectivity index (χ4v) is 3.46. The molecule has 27 heavy (non-hydrogen) atoms. The van der Waals surface area contributed by atoms with Crippen LogP contribution >= 0.6 is 0 Å². The Balaban J connectivity index is 1.41. The van der Waals surface area contributed by atoms with Crippen molar-refractivity contribution in [2.24, 2.45) is 0 Å². The molecular weight excluding hydrogens is 340 g/mol. The molecule has 5 heteroatoms. The Morgan fingerprint density at radius 3 is 2.52 bits per heavy atom. The van der Waals surface area contributed by atoms with E-state index in [-0.39, 0.29) is 11.7 Å². The highest BCUT2D eigenvalue weighted by atomic mass is 16.5. The average molecular weight is 362 g/mol. The van der Waals surface area contributed by atoms with Gasteiger partial charge >= 0.3 is 0 Å². The van der Waals surface area contributed by atoms with Crippen LogP contribution in [-0.2, 0) is 4.79 Å². The van der Waals surface area contributed by atoms with Crippen LogP contribution in [0, 0.1) is 0 Å². The number of ether oxygens (including phenoxy) is 1. The number of carbonyl (C=O) groups excluding carboxylic acids is 1. The number of hydrogen-bond acceptors (Lipinski definition) is 4. The van der Waals surface area contributed by atoms with Crippen molar-refractivity contribution in [3.8, 4) is 11.5 Å². The molecule has 2 aromatic rings. The van der Waals surface area contributed by atoms with Crippen LogP contribution in [0.3, 0.4) is 0 Å². The number of phenolic OH excluding ortho intramolecular Hbond substituents is 1. The Hall–Kier alpha value is -3.21. The smallest absolute Gasteiger partial charge is 0.253 e. The van der Waals surface area contributed by atoms with Crippen molar-refractivity contribution in [2.45, 2.75) is 0 Å². The predicted molar refractivity (Wildman–Crippen MR) is 107 cm³/mol. The third kappa shape index (κ3) is 3.53. The number of phenols is 1. The Morgan fingerprint density at radius 1 is 1.04 bits per heavy atom. The van der Waals surface area contributed by atoms with Gasteiger partial charge in [-0.1, -0.05) is 18.7 Å². The maximum atomic E-state index is 12.9. The second-order valence-corrected chi connectivity index (χ2v) is 6.74. The number of amides is 1. The lowest BCUT2D eigenvalue weighted by atomic mass is 10.0. The van der Waals surface area contributed by atoms with E-state index in [1.165, 1.54) is 0 Å². The summed E-state index contributed by atoms with van der Waals surface area (Å²) in [6.45, 7) is 7.42. The minimum absolute atomic E-state index is 0.0268. The highest BCUT2D eigenvalue weighted by molar-refractivity contribution is 6.18. The number of aromatic hydroxyl groups is 1. The topological polar surface area (TPSA) is 53.0 Å². The number of carbonyl (C=O) groups is 1. The average Bonchev–Trinajstić information content (AvgIpc) is 2.73. The van der Waals surface area contributed by atoms with Gasteiger partial charge in [-0.3, -0.25) is 4.79 Å². The summed E-state index contributed by atoms with van der Waals surface area (Å²) in [6, 6.07) is 12.9. The molecule has 0 aromatic heterocycles. The summed E-state index contributed by atoms with van der Waals surface area (Å²) in [5.41, 5.74) is 3.37. The third-order valence-electron chi connectivity index (χ3n) is 5.03. The lowest BCUT2D eigenvalue weighted by Crippen LogP contribution is -2.48. The lowest BCUT2D eigenvalue weighted by Gasteiger charge is -2.36. The molecule has 138 valence electrons. The second-order valence-electron chi connectivity index (χ2n) is 6.74. The molecule has 0 radical (unpaired) electrons. The van der Waals surface area contributed by atoms with Crippen molar-refractivity contribution in [1.82, 2.24) is 4.90 Å². The van der Waals surface area contributed by atoms with E-state index >= 15 is 0 Å². The van der Waals surface area contributed by atoms with Crippen molar-refractivity contribution in [2.75, 3.05) is 37.7 Å². The van der Waals surface area contributed by atoms with E-state index in [0.29, 0.717) is 25.3 Å². The summed E-state index contributed by atoms with van der Waals surface area (Å²) in [5.74, 6) is 1.07. The van der Waals surface area contributed by atoms with Crippen LogP contribution in [0.4, 0.5) is 5.69 Å². The lowest BCUT2D eigenvalue weighted by molar-refractivity contribution is -0.125. The first-order valence-corrected chi connectivity index (χ1v) is 9.08. The number of rotatable bonds is 3. The summed E-state index contributed by atoms with van der Waals surface area (Å²) < 4.78 is 5.56. The zero-order valence-corrected chi connectivity index (χ0v) is 15.1. The number of hydrogen-bond donors (Lipinski definition) is 1. The zero-order valence-electron chi connectivity index (χ0n) is 15.1. The Bertz CT molecular complexity index is 894. The Morgan fingerprint density at radius 2 is 1.78 bits per heavy atom. The molecule has 2 aliphatic rings. The zero-order chi connectivity index (χ0) is 18.8. The molecular formula is C22H22N2O3. The first-order chi connectivity index (χ1) is 13.1. The highest BCUT2D eigenvalue weighted by Gasteiger charge is 2.24. The monoisotopic (exact) mass is 362 g/mol. The normalized spacial score (nSPS) is 15.9. The van der Waals surface area contributed by atoms with E-state index in [2.05, 4.69) is 11.5 Å². The van der Waals surface area contributed by atoms with Gasteiger partial charge in [0.05, 0.1) is 0 Å². The molecule has 1 N–H and O–H groups in total. The molecule has 1 amide bonds. The molecule has 5 nitrogen and oxygen atoms in total. The molecule has 0 aliphatic carbocycles. The largest absolute Gasteiger partial charge is 0.508 e. The molecule has 0 atom stereocenters. The van der Waals surface area contributed by atoms with Gasteiger partial charge in [-0.15, -0.1) is 0 Å². The van der Waals surface area contributed by atoms with Gasteiger partial charge in [-0.2, -0.15) is 0 Å². The van der Waals surface area contributed by atoms with Crippen molar-refractivity contribution in [3.63, 3.8) is 0 Å². The van der Waals surface area contributed by atoms with Gasteiger partial charge in [-0.05, 0) is 48.0 Å². The first-order valence-electron chi connectivity index (χ1n) is 9.08. The van der Waals surface area contributed by atoms with Crippen molar-refractivity contribution < 1.29 is 14.6 Å². The summed E-state index contributed by atoms with van der Waals surface area (Å²) in [4.78, 5) is 16.9. The summed E-state index contributed by atoms with van der Waals surface area (Å²) in [6.07, 6.45) is 3.97. The molecule has 0 saturated carbocycles. The van der Waals surface area contributed by atoms with Gasteiger partial charge in [0.1, 0.15) is 18.1 Å². The summed E-state index contributed by atoms with van der Waals surface area (Å²) in [5, 5.41) is 9.42. The fraction of sp³-hybridized carbons (Fsp3) is 0.227. The Kier molecular flexibility index (Phi) is 4.59. The molecule has 2 aromatic carbocycles. The fourth-order valence-electron chi connectivity index (χ4n) is 3.46. The van der Waals surface area contributed by atoms with Crippen LogP contribution in [0.15, 0.2) is 55.1 Å². The number of benzene rings is 2. The van der Waals surface area contributed by atoms with Gasteiger partial charge in [0.2, 0.25) is 0 Å². The van der Waals surface area contributed by atoms with Gasteiger partial charge < -0.3 is 19.6 Å². The van der Waals surface area contributed by atoms with Crippen LogP contribution in [0.2, 0.25) is 0 Å². The standard InChI is InChI=1S/C22H22N2O3/c1-16(17-4-9-21-18(15-17)3-2-14-27-21)22(26)24-12-10-23(11-13-24)19-5-7-20(25)8-6-19/h2-9,15,25H,1,10-14H2. The number of anilines is 1. The van der Waals surface area contributed by atoms with Crippen molar-refractivity contribution >= 4 is 23.2 Å². The quantitative estimate of drug-likeness (QED) is 0.853. The van der Waals surface area contributed by atoms with Crippen molar-refractivity contribution in [3.05, 3.63) is 66.2 Å². The molecule has 0 spiro atoms. The predicted octanol–water partition coefficient (Wildman–Crippen LogP) is 3.16. The maximum absolute atomic E-state index is 12.9. The van der Waals surface area contributed by atoms with Gasteiger partial charge in [-0.25, -0.2) is 0 Å². The van der Waals surface area contributed by atoms with E-state index in [9.17, 15) is 9.90 Å².